The molecule has 1 aromatic heterocycles. The Morgan fingerprint density at radius 3 is 2.81 bits per heavy atom. The molecule has 2 aromatic rings. The molecule has 0 radical (unpaired) electrons. The summed E-state index contributed by atoms with van der Waals surface area (Å²) in [5.74, 6) is -0.102. The Kier molecular flexibility index (Phi) is 4.98. The summed E-state index contributed by atoms with van der Waals surface area (Å²) in [5, 5.41) is 4.08. The Morgan fingerprint density at radius 1 is 1.38 bits per heavy atom. The summed E-state index contributed by atoms with van der Waals surface area (Å²) in [4.78, 5) is 17.4. The van der Waals surface area contributed by atoms with Crippen molar-refractivity contribution in [2.24, 2.45) is 5.73 Å². The van der Waals surface area contributed by atoms with E-state index in [2.05, 4.69) is 10.3 Å². The van der Waals surface area contributed by atoms with Gasteiger partial charge in [0, 0.05) is 29.7 Å². The highest BCUT2D eigenvalue weighted by Gasteiger charge is 2.18. The molecule has 21 heavy (non-hydrogen) atoms. The molecular weight excluding hydrogens is 264 g/mol. The van der Waals surface area contributed by atoms with Crippen LogP contribution in [0.2, 0.25) is 0 Å². The van der Waals surface area contributed by atoms with Crippen molar-refractivity contribution in [3.8, 4) is 0 Å². The number of nitrogens with zero attached hydrogens (tertiary/aromatic N) is 1. The first kappa shape index (κ1) is 15.5. The second-order valence-corrected chi connectivity index (χ2v) is 5.84. The topological polar surface area (TPSA) is 74.2 Å². The number of carbonyl (C=O) groups excluding carboxylic acids is 1. The number of carbonyl (C=O) groups is 1. The van der Waals surface area contributed by atoms with E-state index in [-0.39, 0.29) is 11.9 Å². The molecule has 1 amide bonds. The fourth-order valence-electron chi connectivity index (χ4n) is 2.57. The van der Waals surface area contributed by atoms with Gasteiger partial charge in [0.1, 0.15) is 0 Å². The average Bonchev–Trinajstić information content (AvgIpc) is 2.81. The lowest BCUT2D eigenvalue weighted by molar-refractivity contribution is -0.123. The van der Waals surface area contributed by atoms with Crippen molar-refractivity contribution in [3.05, 3.63) is 36.0 Å². The Hall–Kier alpha value is -1.85. The molecular formula is C16H24N4O. The summed E-state index contributed by atoms with van der Waals surface area (Å²) in [6, 6.07) is 7.59. The molecule has 114 valence electrons. The normalized spacial score (nSPS) is 14.3. The van der Waals surface area contributed by atoms with Crippen molar-refractivity contribution >= 4 is 16.8 Å². The molecule has 0 aliphatic rings. The molecule has 1 unspecified atom stereocenters. The quantitative estimate of drug-likeness (QED) is 0.745. The van der Waals surface area contributed by atoms with Gasteiger partial charge < -0.3 is 20.9 Å². The largest absolute Gasteiger partial charge is 0.361 e. The summed E-state index contributed by atoms with van der Waals surface area (Å²) >= 11 is 0. The number of hydrogen-bond acceptors (Lipinski definition) is 3. The maximum Gasteiger partial charge on any atom is 0.237 e. The third-order valence-electron chi connectivity index (χ3n) is 3.48. The molecule has 4 N–H and O–H groups in total. The van der Waals surface area contributed by atoms with Crippen LogP contribution < -0.4 is 11.1 Å². The van der Waals surface area contributed by atoms with E-state index >= 15 is 0 Å². The minimum atomic E-state index is -0.534. The van der Waals surface area contributed by atoms with E-state index in [4.69, 9.17) is 5.73 Å². The molecule has 0 bridgehead atoms. The number of fused-ring (bicyclic) bond motifs is 1. The van der Waals surface area contributed by atoms with Gasteiger partial charge in [-0.2, -0.15) is 0 Å². The summed E-state index contributed by atoms with van der Waals surface area (Å²) in [7, 11) is 3.96. The average molecular weight is 288 g/mol. The summed E-state index contributed by atoms with van der Waals surface area (Å²) < 4.78 is 0. The van der Waals surface area contributed by atoms with E-state index in [0.29, 0.717) is 6.42 Å². The fraction of sp³-hybridized carbons (Fsp3) is 0.438. The smallest absolute Gasteiger partial charge is 0.237 e. The number of rotatable bonds is 6. The van der Waals surface area contributed by atoms with Crippen LogP contribution in [0, 0.1) is 0 Å². The molecule has 5 heteroatoms. The van der Waals surface area contributed by atoms with Gasteiger partial charge in [-0.15, -0.1) is 0 Å². The summed E-state index contributed by atoms with van der Waals surface area (Å²) in [5.41, 5.74) is 8.19. The number of nitrogens with two attached hydrogens (primary N) is 1. The van der Waals surface area contributed by atoms with Crippen molar-refractivity contribution < 1.29 is 4.79 Å². The van der Waals surface area contributed by atoms with Crippen LogP contribution in [0.1, 0.15) is 12.5 Å². The number of hydrogen-bond donors (Lipinski definition) is 3. The Labute approximate surface area is 125 Å². The van der Waals surface area contributed by atoms with Crippen LogP contribution in [0.5, 0.6) is 0 Å². The van der Waals surface area contributed by atoms with Gasteiger partial charge in [0.25, 0.3) is 0 Å². The molecule has 1 heterocycles. The first-order valence-corrected chi connectivity index (χ1v) is 7.23. The Bertz CT molecular complexity index is 605. The predicted octanol–water partition coefficient (Wildman–Crippen LogP) is 1.10. The van der Waals surface area contributed by atoms with Crippen molar-refractivity contribution in [3.63, 3.8) is 0 Å². The zero-order chi connectivity index (χ0) is 15.4. The molecule has 0 saturated carbocycles. The van der Waals surface area contributed by atoms with Gasteiger partial charge >= 0.3 is 0 Å². The van der Waals surface area contributed by atoms with Gasteiger partial charge in [0.15, 0.2) is 0 Å². The number of para-hydroxylation sites is 1. The lowest BCUT2D eigenvalue weighted by Crippen LogP contribution is -2.48. The number of aromatic nitrogens is 1. The minimum Gasteiger partial charge on any atom is -0.361 e. The van der Waals surface area contributed by atoms with E-state index in [0.717, 1.165) is 23.0 Å². The van der Waals surface area contributed by atoms with Crippen LogP contribution in [-0.2, 0) is 11.2 Å². The third kappa shape index (κ3) is 4.06. The van der Waals surface area contributed by atoms with Crippen LogP contribution in [0.15, 0.2) is 30.5 Å². The molecule has 0 aliphatic heterocycles. The van der Waals surface area contributed by atoms with Crippen LogP contribution in [-0.4, -0.2) is 48.5 Å². The maximum atomic E-state index is 12.1. The second-order valence-electron chi connectivity index (χ2n) is 5.84. The van der Waals surface area contributed by atoms with Crippen molar-refractivity contribution in [1.82, 2.24) is 15.2 Å². The molecule has 5 nitrogen and oxygen atoms in total. The monoisotopic (exact) mass is 288 g/mol. The molecule has 2 rings (SSSR count). The van der Waals surface area contributed by atoms with Crippen LogP contribution >= 0.6 is 0 Å². The molecule has 2 atom stereocenters. The highest BCUT2D eigenvalue weighted by Crippen LogP contribution is 2.18. The number of likely N-dealkylation sites (N-methyl/N-ethyl adjacent to an activating group) is 1. The standard InChI is InChI=1S/C16H24N4O/c1-11(10-20(2)3)19-16(21)14(17)8-12-9-18-15-7-5-4-6-13(12)15/h4-7,9,11,14,18H,8,10,17H2,1-3H3,(H,19,21)/t11?,14-/m1/s1. The van der Waals surface area contributed by atoms with E-state index in [1.165, 1.54) is 0 Å². The van der Waals surface area contributed by atoms with Gasteiger partial charge in [-0.3, -0.25) is 4.79 Å². The first-order valence-electron chi connectivity index (χ1n) is 7.23. The van der Waals surface area contributed by atoms with Gasteiger partial charge in [0.05, 0.1) is 6.04 Å². The SMILES string of the molecule is CC(CN(C)C)NC(=O)[C@H](N)Cc1c[nH]c2ccccc12. The van der Waals surface area contributed by atoms with Crippen LogP contribution in [0.4, 0.5) is 0 Å². The maximum absolute atomic E-state index is 12.1. The lowest BCUT2D eigenvalue weighted by Gasteiger charge is -2.20. The first-order chi connectivity index (χ1) is 9.97. The number of nitrogens with one attached hydrogen (secondary N) is 2. The highest BCUT2D eigenvalue weighted by atomic mass is 16.2. The van der Waals surface area contributed by atoms with Crippen molar-refractivity contribution in [2.75, 3.05) is 20.6 Å². The molecule has 0 aliphatic carbocycles. The van der Waals surface area contributed by atoms with Gasteiger partial charge in [-0.1, -0.05) is 18.2 Å². The van der Waals surface area contributed by atoms with Gasteiger partial charge in [-0.25, -0.2) is 0 Å². The minimum absolute atomic E-state index is 0.0847. The molecule has 1 aromatic carbocycles. The molecule has 0 fully saturated rings. The molecule has 0 saturated heterocycles. The number of aromatic amines is 1. The lowest BCUT2D eigenvalue weighted by atomic mass is 10.0. The van der Waals surface area contributed by atoms with Gasteiger partial charge in [-0.05, 0) is 39.1 Å². The van der Waals surface area contributed by atoms with Crippen molar-refractivity contribution in [1.29, 1.82) is 0 Å². The number of H-pyrrole nitrogens is 1. The molecule has 0 spiro atoms. The number of benzene rings is 1. The van der Waals surface area contributed by atoms with E-state index in [9.17, 15) is 4.79 Å². The highest BCUT2D eigenvalue weighted by molar-refractivity contribution is 5.86. The predicted molar refractivity (Wildman–Crippen MR) is 86.1 cm³/mol. The summed E-state index contributed by atoms with van der Waals surface area (Å²) in [6.45, 7) is 2.78. The Balaban J connectivity index is 1.97. The third-order valence-corrected chi connectivity index (χ3v) is 3.48. The Morgan fingerprint density at radius 2 is 2.10 bits per heavy atom. The van der Waals surface area contributed by atoms with Gasteiger partial charge in [0.2, 0.25) is 5.91 Å². The summed E-state index contributed by atoms with van der Waals surface area (Å²) in [6.07, 6.45) is 2.46. The second kappa shape index (κ2) is 6.74. The van der Waals surface area contributed by atoms with E-state index < -0.39 is 6.04 Å². The van der Waals surface area contributed by atoms with E-state index in [1.54, 1.807) is 0 Å². The zero-order valence-corrected chi connectivity index (χ0v) is 12.9. The van der Waals surface area contributed by atoms with Crippen molar-refractivity contribution in [2.45, 2.75) is 25.4 Å². The van der Waals surface area contributed by atoms with Crippen LogP contribution in [0.3, 0.4) is 0 Å². The fourth-order valence-corrected chi connectivity index (χ4v) is 2.57. The number of amides is 1. The zero-order valence-electron chi connectivity index (χ0n) is 12.9. The van der Waals surface area contributed by atoms with Crippen LogP contribution in [0.25, 0.3) is 10.9 Å². The van der Waals surface area contributed by atoms with E-state index in [1.807, 2.05) is 56.4 Å².